The van der Waals surface area contributed by atoms with Crippen LogP contribution in [0.5, 0.6) is 0 Å². The molecule has 1 N–H and O–H groups in total. The van der Waals surface area contributed by atoms with Crippen molar-refractivity contribution in [3.05, 3.63) is 51.3 Å². The molecule has 2 aliphatic rings. The highest BCUT2D eigenvalue weighted by molar-refractivity contribution is 9.10. The van der Waals surface area contributed by atoms with Crippen molar-refractivity contribution < 1.29 is 13.2 Å². The van der Waals surface area contributed by atoms with E-state index in [4.69, 9.17) is 0 Å². The lowest BCUT2D eigenvalue weighted by Crippen LogP contribution is -2.35. The minimum absolute atomic E-state index is 0.0173. The summed E-state index contributed by atoms with van der Waals surface area (Å²) in [6, 6.07) is 11.4. The fourth-order valence-electron chi connectivity index (χ4n) is 3.70. The summed E-state index contributed by atoms with van der Waals surface area (Å²) in [6.45, 7) is 1.56. The molecule has 150 valence electrons. The Bertz CT molecular complexity index is 960. The van der Waals surface area contributed by atoms with Gasteiger partial charge in [-0.3, -0.25) is 4.79 Å². The smallest absolute Gasteiger partial charge is 0.252 e. The van der Waals surface area contributed by atoms with Crippen LogP contribution in [0.25, 0.3) is 0 Å². The SMILES string of the molecule is O=C(NCc1ccc(S(=O)(=O)N2CCCCC2)s1)C1(c2ccc(Br)cc2)CC1. The molecule has 1 amide bonds. The fourth-order valence-corrected chi connectivity index (χ4v) is 6.93. The van der Waals surface area contributed by atoms with Crippen LogP contribution < -0.4 is 5.32 Å². The number of piperidine rings is 1. The van der Waals surface area contributed by atoms with E-state index in [1.54, 1.807) is 16.4 Å². The fraction of sp³-hybridized carbons (Fsp3) is 0.450. The predicted octanol–water partition coefficient (Wildman–Crippen LogP) is 4.03. The molecule has 0 bridgehead atoms. The summed E-state index contributed by atoms with van der Waals surface area (Å²) in [5, 5.41) is 3.01. The summed E-state index contributed by atoms with van der Waals surface area (Å²) in [7, 11) is -3.41. The van der Waals surface area contributed by atoms with Gasteiger partial charge < -0.3 is 5.32 Å². The standard InChI is InChI=1S/C20H23BrN2O3S2/c21-16-6-4-15(5-7-16)20(10-11-20)19(24)22-14-17-8-9-18(27-17)28(25,26)23-12-2-1-3-13-23/h4-9H,1-3,10-14H2,(H,22,24). The number of hydrogen-bond acceptors (Lipinski definition) is 4. The van der Waals surface area contributed by atoms with Crippen LogP contribution in [0.3, 0.4) is 0 Å². The van der Waals surface area contributed by atoms with Crippen molar-refractivity contribution in [1.82, 2.24) is 9.62 Å². The zero-order chi connectivity index (χ0) is 19.8. The monoisotopic (exact) mass is 482 g/mol. The second-order valence-electron chi connectivity index (χ2n) is 7.46. The van der Waals surface area contributed by atoms with Gasteiger partial charge in [0.15, 0.2) is 0 Å². The first kappa shape index (κ1) is 20.1. The maximum atomic E-state index is 12.8. The number of thiophene rings is 1. The molecule has 2 heterocycles. The van der Waals surface area contributed by atoms with Crippen LogP contribution in [0, 0.1) is 0 Å². The van der Waals surface area contributed by atoms with Crippen LogP contribution in [-0.2, 0) is 26.8 Å². The van der Waals surface area contributed by atoms with Gasteiger partial charge in [-0.1, -0.05) is 34.5 Å². The predicted molar refractivity (Wildman–Crippen MR) is 114 cm³/mol. The number of hydrogen-bond donors (Lipinski definition) is 1. The van der Waals surface area contributed by atoms with Crippen molar-refractivity contribution in [2.75, 3.05) is 13.1 Å². The molecule has 5 nitrogen and oxygen atoms in total. The highest BCUT2D eigenvalue weighted by atomic mass is 79.9. The van der Waals surface area contributed by atoms with Crippen molar-refractivity contribution >= 4 is 43.2 Å². The van der Waals surface area contributed by atoms with E-state index in [-0.39, 0.29) is 5.91 Å². The van der Waals surface area contributed by atoms with E-state index in [1.165, 1.54) is 11.3 Å². The van der Waals surface area contributed by atoms with Crippen LogP contribution in [0.1, 0.15) is 42.5 Å². The molecule has 0 spiro atoms. The number of amides is 1. The number of sulfonamides is 1. The van der Waals surface area contributed by atoms with E-state index >= 15 is 0 Å². The van der Waals surface area contributed by atoms with E-state index in [0.29, 0.717) is 23.8 Å². The summed E-state index contributed by atoms with van der Waals surface area (Å²) < 4.78 is 28.5. The highest BCUT2D eigenvalue weighted by Crippen LogP contribution is 2.48. The summed E-state index contributed by atoms with van der Waals surface area (Å²) in [6.07, 6.45) is 4.63. The van der Waals surface area contributed by atoms with E-state index in [0.717, 1.165) is 47.0 Å². The van der Waals surface area contributed by atoms with Gasteiger partial charge in [0.25, 0.3) is 10.0 Å². The molecule has 0 radical (unpaired) electrons. The first-order valence-corrected chi connectivity index (χ1v) is 12.6. The van der Waals surface area contributed by atoms with E-state index in [9.17, 15) is 13.2 Å². The molecule has 28 heavy (non-hydrogen) atoms. The Hall–Kier alpha value is -1.22. The van der Waals surface area contributed by atoms with Gasteiger partial charge in [-0.25, -0.2) is 8.42 Å². The van der Waals surface area contributed by atoms with Crippen LogP contribution in [0.4, 0.5) is 0 Å². The van der Waals surface area contributed by atoms with Gasteiger partial charge in [-0.2, -0.15) is 4.31 Å². The number of rotatable bonds is 6. The topological polar surface area (TPSA) is 66.5 Å². The lowest BCUT2D eigenvalue weighted by molar-refractivity contribution is -0.123. The molecule has 1 aromatic carbocycles. The van der Waals surface area contributed by atoms with E-state index < -0.39 is 15.4 Å². The summed E-state index contributed by atoms with van der Waals surface area (Å²) in [4.78, 5) is 13.6. The number of halogens is 1. The first-order chi connectivity index (χ1) is 13.4. The maximum Gasteiger partial charge on any atom is 0.252 e. The Balaban J connectivity index is 1.41. The average Bonchev–Trinajstić information content (AvgIpc) is 3.37. The number of nitrogens with one attached hydrogen (secondary N) is 1. The van der Waals surface area contributed by atoms with Gasteiger partial charge in [0.2, 0.25) is 5.91 Å². The van der Waals surface area contributed by atoms with Crippen molar-refractivity contribution in [3.8, 4) is 0 Å². The lowest BCUT2D eigenvalue weighted by atomic mass is 9.95. The maximum absolute atomic E-state index is 12.8. The molecule has 1 aliphatic carbocycles. The summed E-state index contributed by atoms with van der Waals surface area (Å²) >= 11 is 4.68. The van der Waals surface area contributed by atoms with Gasteiger partial charge in [-0.05, 0) is 55.5 Å². The van der Waals surface area contributed by atoms with Gasteiger partial charge in [0, 0.05) is 22.4 Å². The quantitative estimate of drug-likeness (QED) is 0.675. The molecule has 2 fully saturated rings. The summed E-state index contributed by atoms with van der Waals surface area (Å²) in [5.41, 5.74) is 0.605. The van der Waals surface area contributed by atoms with Gasteiger partial charge in [-0.15, -0.1) is 11.3 Å². The van der Waals surface area contributed by atoms with Gasteiger partial charge >= 0.3 is 0 Å². The minimum atomic E-state index is -3.41. The highest BCUT2D eigenvalue weighted by Gasteiger charge is 2.51. The van der Waals surface area contributed by atoms with Gasteiger partial charge in [0.1, 0.15) is 4.21 Å². The molecule has 0 unspecified atom stereocenters. The molecule has 1 aromatic heterocycles. The molecule has 2 aromatic rings. The number of nitrogens with zero attached hydrogens (tertiary/aromatic N) is 1. The zero-order valence-corrected chi connectivity index (χ0v) is 18.7. The van der Waals surface area contributed by atoms with Crippen molar-refractivity contribution in [1.29, 1.82) is 0 Å². The van der Waals surface area contributed by atoms with Crippen LogP contribution >= 0.6 is 27.3 Å². The van der Waals surface area contributed by atoms with Crippen molar-refractivity contribution in [2.24, 2.45) is 0 Å². The second kappa shape index (κ2) is 7.89. The Kier molecular flexibility index (Phi) is 5.66. The van der Waals surface area contributed by atoms with Crippen LogP contribution in [0.15, 0.2) is 45.1 Å². The van der Waals surface area contributed by atoms with Crippen LogP contribution in [-0.4, -0.2) is 31.7 Å². The number of benzene rings is 1. The third-order valence-corrected chi connectivity index (χ3v) is 9.53. The molecule has 1 saturated heterocycles. The molecule has 4 rings (SSSR count). The molecular formula is C20H23BrN2O3S2. The van der Waals surface area contributed by atoms with E-state index in [1.807, 2.05) is 24.3 Å². The first-order valence-electron chi connectivity index (χ1n) is 9.55. The Labute approximate surface area is 178 Å². The van der Waals surface area contributed by atoms with Crippen LogP contribution in [0.2, 0.25) is 0 Å². The molecule has 0 atom stereocenters. The van der Waals surface area contributed by atoms with Crippen molar-refractivity contribution in [3.63, 3.8) is 0 Å². The summed E-state index contributed by atoms with van der Waals surface area (Å²) in [5.74, 6) is 0.0173. The Morgan fingerprint density at radius 2 is 1.75 bits per heavy atom. The Morgan fingerprint density at radius 3 is 2.39 bits per heavy atom. The normalized spacial score (nSPS) is 19.3. The minimum Gasteiger partial charge on any atom is -0.350 e. The third kappa shape index (κ3) is 3.92. The zero-order valence-electron chi connectivity index (χ0n) is 15.5. The second-order valence-corrected chi connectivity index (χ2v) is 11.7. The van der Waals surface area contributed by atoms with E-state index in [2.05, 4.69) is 21.2 Å². The molecule has 1 aliphatic heterocycles. The molecule has 1 saturated carbocycles. The largest absolute Gasteiger partial charge is 0.350 e. The van der Waals surface area contributed by atoms with Gasteiger partial charge in [0.05, 0.1) is 12.0 Å². The lowest BCUT2D eigenvalue weighted by Gasteiger charge is -2.25. The number of carbonyl (C=O) groups is 1. The number of carbonyl (C=O) groups excluding carboxylic acids is 1. The average molecular weight is 483 g/mol. The molecule has 8 heteroatoms. The molecular weight excluding hydrogens is 460 g/mol. The third-order valence-electron chi connectivity index (χ3n) is 5.55. The van der Waals surface area contributed by atoms with Crippen molar-refractivity contribution in [2.45, 2.75) is 48.3 Å². The Morgan fingerprint density at radius 1 is 1.07 bits per heavy atom.